The fourth-order valence-electron chi connectivity index (χ4n) is 4.70. The molecule has 1 atom stereocenters. The van der Waals surface area contributed by atoms with Crippen LogP contribution in [0.3, 0.4) is 0 Å². The van der Waals surface area contributed by atoms with Crippen molar-refractivity contribution in [2.24, 2.45) is 5.92 Å². The van der Waals surface area contributed by atoms with Crippen LogP contribution >= 0.6 is 45.2 Å². The van der Waals surface area contributed by atoms with Gasteiger partial charge >= 0.3 is 6.09 Å². The summed E-state index contributed by atoms with van der Waals surface area (Å²) in [6.07, 6.45) is 0.927. The summed E-state index contributed by atoms with van der Waals surface area (Å²) in [5.41, 5.74) is -0.796. The highest BCUT2D eigenvalue weighted by Gasteiger charge is 2.74. The van der Waals surface area contributed by atoms with Gasteiger partial charge in [0, 0.05) is 5.54 Å². The number of hydrogen-bond acceptors (Lipinski definition) is 3. The molecule has 1 heterocycles. The van der Waals surface area contributed by atoms with Gasteiger partial charge in [0.2, 0.25) is 0 Å². The van der Waals surface area contributed by atoms with Crippen LogP contribution in [-0.4, -0.2) is 41.8 Å². The number of amides is 1. The molecule has 8 heteroatoms. The summed E-state index contributed by atoms with van der Waals surface area (Å²) < 4.78 is 4.13. The molecule has 0 saturated heterocycles. The van der Waals surface area contributed by atoms with Crippen molar-refractivity contribution in [2.45, 2.75) is 76.6 Å². The van der Waals surface area contributed by atoms with Crippen LogP contribution < -0.4 is 0 Å². The highest BCUT2D eigenvalue weighted by molar-refractivity contribution is 14.1. The van der Waals surface area contributed by atoms with E-state index in [1.165, 1.54) is 0 Å². The topological polar surface area (TPSA) is 78.6 Å². The third-order valence-corrected chi connectivity index (χ3v) is 8.27. The normalized spacial score (nSPS) is 29.2. The largest absolute Gasteiger partial charge is 0.465 e. The molecule has 1 aromatic rings. The van der Waals surface area contributed by atoms with Crippen molar-refractivity contribution in [3.8, 4) is 0 Å². The quantitative estimate of drug-likeness (QED) is 0.530. The van der Waals surface area contributed by atoms with Crippen LogP contribution in [-0.2, 0) is 5.54 Å². The summed E-state index contributed by atoms with van der Waals surface area (Å²) in [5, 5.41) is 20.3. The van der Waals surface area contributed by atoms with Gasteiger partial charge in [-0.2, -0.15) is 0 Å². The van der Waals surface area contributed by atoms with E-state index in [-0.39, 0.29) is 17.0 Å². The van der Waals surface area contributed by atoms with E-state index in [1.54, 1.807) is 4.90 Å². The van der Waals surface area contributed by atoms with Crippen LogP contribution in [0.15, 0.2) is 0 Å². The molecular formula is C17H25I2N3O3. The van der Waals surface area contributed by atoms with E-state index in [0.717, 1.165) is 32.5 Å². The summed E-state index contributed by atoms with van der Waals surface area (Å²) in [6.45, 7) is 9.82. The van der Waals surface area contributed by atoms with Crippen molar-refractivity contribution in [3.63, 3.8) is 0 Å². The molecular weight excluding hydrogens is 548 g/mol. The van der Waals surface area contributed by atoms with Crippen LogP contribution in [0.25, 0.3) is 0 Å². The lowest BCUT2D eigenvalue weighted by molar-refractivity contribution is -0.215. The summed E-state index contributed by atoms with van der Waals surface area (Å²) in [6, 6.07) is 0. The minimum atomic E-state index is -0.849. The van der Waals surface area contributed by atoms with Gasteiger partial charge in [-0.15, -0.1) is 0 Å². The number of imidazole rings is 1. The van der Waals surface area contributed by atoms with Gasteiger partial charge in [0.15, 0.2) is 0 Å². The van der Waals surface area contributed by atoms with E-state index in [0.29, 0.717) is 0 Å². The van der Waals surface area contributed by atoms with Crippen molar-refractivity contribution >= 4 is 51.3 Å². The van der Waals surface area contributed by atoms with E-state index in [4.69, 9.17) is 0 Å². The van der Waals surface area contributed by atoms with Crippen molar-refractivity contribution in [3.05, 3.63) is 13.2 Å². The average Bonchev–Trinajstić information content (AvgIpc) is 2.65. The van der Waals surface area contributed by atoms with Gasteiger partial charge in [0.25, 0.3) is 0 Å². The predicted octanol–water partition coefficient (Wildman–Crippen LogP) is 4.19. The van der Waals surface area contributed by atoms with E-state index < -0.39 is 17.7 Å². The molecule has 25 heavy (non-hydrogen) atoms. The zero-order valence-electron chi connectivity index (χ0n) is 15.2. The van der Waals surface area contributed by atoms with Crippen molar-refractivity contribution in [2.75, 3.05) is 0 Å². The van der Waals surface area contributed by atoms with Gasteiger partial charge in [-0.1, -0.05) is 13.8 Å². The molecule has 6 nitrogen and oxygen atoms in total. The molecule has 3 aliphatic rings. The van der Waals surface area contributed by atoms with Gasteiger partial charge in [-0.3, -0.25) is 4.90 Å². The third kappa shape index (κ3) is 2.81. The molecule has 140 valence electrons. The lowest BCUT2D eigenvalue weighted by Crippen LogP contribution is -2.81. The molecule has 1 aromatic heterocycles. The second-order valence-electron chi connectivity index (χ2n) is 8.84. The maximum absolute atomic E-state index is 11.9. The Bertz CT molecular complexity index is 704. The van der Waals surface area contributed by atoms with Crippen LogP contribution in [0, 0.1) is 13.3 Å². The minimum Gasteiger partial charge on any atom is -0.465 e. The van der Waals surface area contributed by atoms with Crippen LogP contribution in [0.4, 0.5) is 4.79 Å². The molecule has 3 fully saturated rings. The maximum Gasteiger partial charge on any atom is 0.408 e. The van der Waals surface area contributed by atoms with Crippen LogP contribution in [0.1, 0.15) is 65.8 Å². The number of aliphatic hydroxyl groups excluding tert-OH is 1. The minimum absolute atomic E-state index is 0.0825. The molecule has 4 rings (SSSR count). The Morgan fingerprint density at radius 3 is 2.20 bits per heavy atom. The van der Waals surface area contributed by atoms with Gasteiger partial charge in [-0.25, -0.2) is 9.78 Å². The number of carboxylic acid groups (broad SMARTS) is 1. The van der Waals surface area contributed by atoms with Gasteiger partial charge in [0.05, 0.1) is 11.1 Å². The first kappa shape index (κ1) is 19.7. The molecule has 0 aliphatic heterocycles. The van der Waals surface area contributed by atoms with Crippen LogP contribution in [0.5, 0.6) is 0 Å². The van der Waals surface area contributed by atoms with Crippen molar-refractivity contribution in [1.82, 2.24) is 14.5 Å². The number of nitrogens with zero attached hydrogens (tertiary/aromatic N) is 3. The fourth-order valence-corrected chi connectivity index (χ4v) is 6.06. The first-order valence-corrected chi connectivity index (χ1v) is 10.7. The number of halogens is 2. The van der Waals surface area contributed by atoms with Gasteiger partial charge in [-0.05, 0) is 91.1 Å². The highest BCUT2D eigenvalue weighted by Crippen LogP contribution is 2.69. The summed E-state index contributed by atoms with van der Waals surface area (Å²) >= 11 is 4.50. The summed E-state index contributed by atoms with van der Waals surface area (Å²) in [4.78, 5) is 18.1. The Kier molecular flexibility index (Phi) is 4.68. The molecule has 0 aromatic carbocycles. The fraction of sp³-hybridized carbons (Fsp3) is 0.765. The number of aliphatic hydroxyl groups is 1. The molecule has 1 unspecified atom stereocenters. The molecule has 2 N–H and O–H groups in total. The van der Waals surface area contributed by atoms with Crippen LogP contribution in [0.2, 0.25) is 0 Å². The SMILES string of the molecule is CC(C)C(O)c1nc(I)c(I)n1C12CC(N(C(=O)O)C(C)(C)C)(C1)C2. The summed E-state index contributed by atoms with van der Waals surface area (Å²) in [5.74, 6) is 0.800. The lowest BCUT2D eigenvalue weighted by atomic mass is 9.42. The molecule has 3 saturated carbocycles. The maximum atomic E-state index is 11.9. The highest BCUT2D eigenvalue weighted by atomic mass is 127. The monoisotopic (exact) mass is 573 g/mol. The first-order chi connectivity index (χ1) is 11.3. The Hall–Kier alpha value is -0.100. The standard InChI is InChI=1S/C17H25I2N3O3/c1-9(2)10(23)13-20-11(18)12(19)21(13)16-6-17(7-16,8-16)22(14(24)25)15(3,4)5/h9-10,23H,6-8H2,1-5H3,(H,24,25). The number of aromatic nitrogens is 2. The van der Waals surface area contributed by atoms with E-state index in [1.807, 2.05) is 34.6 Å². The predicted molar refractivity (Wildman–Crippen MR) is 112 cm³/mol. The molecule has 2 bridgehead atoms. The van der Waals surface area contributed by atoms with Crippen molar-refractivity contribution in [1.29, 1.82) is 0 Å². The number of carbonyl (C=O) groups is 1. The van der Waals surface area contributed by atoms with Gasteiger partial charge < -0.3 is 14.8 Å². The number of hydrogen-bond donors (Lipinski definition) is 2. The first-order valence-electron chi connectivity index (χ1n) is 8.50. The Labute approximate surface area is 175 Å². The number of rotatable bonds is 4. The second-order valence-corrected chi connectivity index (χ2v) is 10.9. The molecule has 1 amide bonds. The zero-order valence-corrected chi connectivity index (χ0v) is 19.5. The lowest BCUT2D eigenvalue weighted by Gasteiger charge is -2.75. The zero-order chi connectivity index (χ0) is 18.9. The molecule has 0 spiro atoms. The third-order valence-electron chi connectivity index (χ3n) is 5.49. The Balaban J connectivity index is 1.93. The smallest absolute Gasteiger partial charge is 0.408 e. The van der Waals surface area contributed by atoms with Crippen molar-refractivity contribution < 1.29 is 15.0 Å². The Morgan fingerprint density at radius 2 is 1.80 bits per heavy atom. The Morgan fingerprint density at radius 1 is 1.28 bits per heavy atom. The van der Waals surface area contributed by atoms with E-state index in [9.17, 15) is 15.0 Å². The molecule has 0 radical (unpaired) electrons. The van der Waals surface area contributed by atoms with Gasteiger partial charge in [0.1, 0.15) is 19.3 Å². The van der Waals surface area contributed by atoms with E-state index >= 15 is 0 Å². The van der Waals surface area contributed by atoms with E-state index in [2.05, 4.69) is 54.7 Å². The molecule has 3 aliphatic carbocycles. The summed E-state index contributed by atoms with van der Waals surface area (Å²) in [7, 11) is 0. The second kappa shape index (κ2) is 5.95. The average molecular weight is 573 g/mol.